The molecule has 1 aromatic carbocycles. The maximum atomic E-state index is 13.1. The molecular formula is C27H31F3N4O2. The maximum absolute atomic E-state index is 13.1. The minimum absolute atomic E-state index is 0.0708. The number of nitrogens with one attached hydrogen (secondary N) is 1. The molecule has 0 atom stereocenters. The molecule has 0 saturated heterocycles. The van der Waals surface area contributed by atoms with E-state index in [1.807, 2.05) is 0 Å². The average molecular weight is 501 g/mol. The van der Waals surface area contributed by atoms with E-state index in [1.165, 1.54) is 57.0 Å². The summed E-state index contributed by atoms with van der Waals surface area (Å²) >= 11 is 0. The largest absolute Gasteiger partial charge is 0.573 e. The van der Waals surface area contributed by atoms with Crippen LogP contribution in [-0.2, 0) is 24.3 Å². The molecule has 4 fully saturated rings. The number of hydrogen-bond donors (Lipinski definition) is 1. The van der Waals surface area contributed by atoms with Crippen LogP contribution in [0.25, 0.3) is 0 Å². The van der Waals surface area contributed by atoms with Crippen molar-refractivity contribution in [1.82, 2.24) is 14.9 Å². The lowest BCUT2D eigenvalue weighted by Gasteiger charge is -2.56. The molecule has 4 saturated carbocycles. The van der Waals surface area contributed by atoms with Gasteiger partial charge in [0.25, 0.3) is 0 Å². The van der Waals surface area contributed by atoms with Gasteiger partial charge >= 0.3 is 6.36 Å². The first-order valence-electron chi connectivity index (χ1n) is 12.9. The van der Waals surface area contributed by atoms with Crippen LogP contribution in [0.15, 0.2) is 30.6 Å². The highest BCUT2D eigenvalue weighted by atomic mass is 19.4. The van der Waals surface area contributed by atoms with Crippen LogP contribution in [0.4, 0.5) is 19.0 Å². The van der Waals surface area contributed by atoms with Gasteiger partial charge in [-0.1, -0.05) is 12.1 Å². The third-order valence-electron chi connectivity index (χ3n) is 8.61. The lowest BCUT2D eigenvalue weighted by molar-refractivity contribution is -0.274. The quantitative estimate of drug-likeness (QED) is 0.569. The zero-order chi connectivity index (χ0) is 24.9. The van der Waals surface area contributed by atoms with Crippen LogP contribution in [0.2, 0.25) is 0 Å². The molecule has 6 nitrogen and oxygen atoms in total. The highest BCUT2D eigenvalue weighted by Gasteiger charge is 2.51. The second-order valence-corrected chi connectivity index (χ2v) is 11.4. The van der Waals surface area contributed by atoms with Gasteiger partial charge < -0.3 is 10.1 Å². The Morgan fingerprint density at radius 3 is 2.36 bits per heavy atom. The Morgan fingerprint density at radius 2 is 1.72 bits per heavy atom. The Bertz CT molecular complexity index is 1100. The lowest BCUT2D eigenvalue weighted by atomic mass is 9.49. The molecule has 4 bridgehead atoms. The Labute approximate surface area is 208 Å². The number of aromatic nitrogens is 2. The number of anilines is 1. The molecule has 2 heterocycles. The van der Waals surface area contributed by atoms with E-state index in [1.54, 1.807) is 12.1 Å². The molecule has 1 amide bonds. The van der Waals surface area contributed by atoms with E-state index < -0.39 is 6.36 Å². The first kappa shape index (κ1) is 23.7. The number of halogens is 3. The Hall–Kier alpha value is -2.68. The third-order valence-corrected chi connectivity index (χ3v) is 8.61. The summed E-state index contributed by atoms with van der Waals surface area (Å²) in [5.74, 6) is 2.92. The van der Waals surface area contributed by atoms with Gasteiger partial charge in [-0.25, -0.2) is 9.97 Å². The fraction of sp³-hybridized carbons (Fsp3) is 0.593. The number of carbonyl (C=O) groups is 1. The lowest BCUT2D eigenvalue weighted by Crippen LogP contribution is -2.47. The fourth-order valence-corrected chi connectivity index (χ4v) is 7.73. The summed E-state index contributed by atoms with van der Waals surface area (Å²) in [6.45, 7) is 1.93. The van der Waals surface area contributed by atoms with Crippen LogP contribution in [0.3, 0.4) is 0 Å². The van der Waals surface area contributed by atoms with Gasteiger partial charge in [-0.3, -0.25) is 9.69 Å². The van der Waals surface area contributed by atoms with Gasteiger partial charge in [-0.15, -0.1) is 13.2 Å². The van der Waals surface area contributed by atoms with E-state index in [2.05, 4.69) is 24.9 Å². The van der Waals surface area contributed by atoms with E-state index in [4.69, 9.17) is 0 Å². The van der Waals surface area contributed by atoms with Crippen LogP contribution >= 0.6 is 0 Å². The molecule has 0 spiro atoms. The molecule has 4 aliphatic carbocycles. The van der Waals surface area contributed by atoms with E-state index in [0.29, 0.717) is 31.7 Å². The summed E-state index contributed by atoms with van der Waals surface area (Å²) in [5.41, 5.74) is 2.95. The van der Waals surface area contributed by atoms with Crippen LogP contribution in [-0.4, -0.2) is 33.7 Å². The normalized spacial score (nSPS) is 29.1. The van der Waals surface area contributed by atoms with Crippen molar-refractivity contribution in [2.24, 2.45) is 23.2 Å². The van der Waals surface area contributed by atoms with Gasteiger partial charge in [0.15, 0.2) is 0 Å². The molecule has 7 rings (SSSR count). The van der Waals surface area contributed by atoms with Crippen molar-refractivity contribution in [3.8, 4) is 5.75 Å². The first-order valence-corrected chi connectivity index (χ1v) is 12.9. The second kappa shape index (κ2) is 9.01. The molecule has 0 radical (unpaired) electrons. The minimum Gasteiger partial charge on any atom is -0.406 e. The third kappa shape index (κ3) is 5.08. The highest BCUT2D eigenvalue weighted by molar-refractivity contribution is 5.91. The highest BCUT2D eigenvalue weighted by Crippen LogP contribution is 2.61. The van der Waals surface area contributed by atoms with Gasteiger partial charge in [-0.05, 0) is 85.8 Å². The summed E-state index contributed by atoms with van der Waals surface area (Å²) in [7, 11) is 0. The van der Waals surface area contributed by atoms with Gasteiger partial charge in [0.2, 0.25) is 5.91 Å². The van der Waals surface area contributed by atoms with E-state index in [9.17, 15) is 18.0 Å². The number of ether oxygens (including phenoxy) is 1. The number of fused-ring (bicyclic) bond motifs is 1. The summed E-state index contributed by atoms with van der Waals surface area (Å²) < 4.78 is 41.1. The van der Waals surface area contributed by atoms with Crippen molar-refractivity contribution in [3.63, 3.8) is 0 Å². The number of alkyl halides is 3. The predicted octanol–water partition coefficient (Wildman–Crippen LogP) is 5.48. The average Bonchev–Trinajstić information content (AvgIpc) is 2.78. The van der Waals surface area contributed by atoms with Crippen LogP contribution < -0.4 is 10.1 Å². The first-order chi connectivity index (χ1) is 17.2. The molecule has 1 N–H and O–H groups in total. The SMILES string of the molecule is O=C(CC12CC3CC(CC(C3)C1)C2)Nc1ncnc2c1CCN(Cc1ccc(OC(F)(F)F)cc1)C2. The minimum atomic E-state index is -4.69. The topological polar surface area (TPSA) is 67.4 Å². The summed E-state index contributed by atoms with van der Waals surface area (Å²) in [6, 6.07) is 5.96. The van der Waals surface area contributed by atoms with Crippen LogP contribution in [0.1, 0.15) is 61.8 Å². The zero-order valence-corrected chi connectivity index (χ0v) is 20.2. The van der Waals surface area contributed by atoms with Crippen molar-refractivity contribution in [1.29, 1.82) is 0 Å². The van der Waals surface area contributed by atoms with Crippen LogP contribution in [0, 0.1) is 23.2 Å². The molecule has 0 unspecified atom stereocenters. The molecule has 5 aliphatic rings. The standard InChI is InChI=1S/C27H31F3N4O2/c28-27(29,30)36-21-3-1-17(2-4-21)14-34-6-5-22-23(15-34)31-16-32-25(22)33-24(35)13-26-10-18-7-19(11-26)9-20(8-18)12-26/h1-4,16,18-20H,5-15H2,(H,31,32,33,35). The molecule has 9 heteroatoms. The number of hydrogen-bond acceptors (Lipinski definition) is 5. The molecule has 2 aromatic rings. The number of amides is 1. The van der Waals surface area contributed by atoms with Gasteiger partial charge in [-0.2, -0.15) is 0 Å². The van der Waals surface area contributed by atoms with Crippen molar-refractivity contribution >= 4 is 11.7 Å². The molecule has 1 aliphatic heterocycles. The number of benzene rings is 1. The van der Waals surface area contributed by atoms with E-state index in [0.717, 1.165) is 41.1 Å². The number of carbonyl (C=O) groups excluding carboxylic acids is 1. The maximum Gasteiger partial charge on any atom is 0.573 e. The van der Waals surface area contributed by atoms with Crippen molar-refractivity contribution < 1.29 is 22.7 Å². The van der Waals surface area contributed by atoms with Gasteiger partial charge in [0.05, 0.1) is 5.69 Å². The zero-order valence-electron chi connectivity index (χ0n) is 20.2. The van der Waals surface area contributed by atoms with Gasteiger partial charge in [0, 0.05) is 31.6 Å². The molecular weight excluding hydrogens is 469 g/mol. The van der Waals surface area contributed by atoms with E-state index >= 15 is 0 Å². The summed E-state index contributed by atoms with van der Waals surface area (Å²) in [6.07, 6.45) is 5.80. The van der Waals surface area contributed by atoms with E-state index in [-0.39, 0.29) is 17.1 Å². The fourth-order valence-electron chi connectivity index (χ4n) is 7.73. The number of rotatable bonds is 6. The monoisotopic (exact) mass is 500 g/mol. The van der Waals surface area contributed by atoms with Gasteiger partial charge in [0.1, 0.15) is 17.9 Å². The Kier molecular flexibility index (Phi) is 5.93. The molecule has 192 valence electrons. The van der Waals surface area contributed by atoms with Crippen molar-refractivity contribution in [3.05, 3.63) is 47.4 Å². The summed E-state index contributed by atoms with van der Waals surface area (Å²) in [4.78, 5) is 24.2. The van der Waals surface area contributed by atoms with Crippen LogP contribution in [0.5, 0.6) is 5.75 Å². The molecule has 36 heavy (non-hydrogen) atoms. The summed E-state index contributed by atoms with van der Waals surface area (Å²) in [5, 5.41) is 3.12. The Balaban J connectivity index is 1.08. The second-order valence-electron chi connectivity index (χ2n) is 11.4. The number of nitrogens with zero attached hydrogens (tertiary/aromatic N) is 3. The molecule has 1 aromatic heterocycles. The Morgan fingerprint density at radius 1 is 1.06 bits per heavy atom. The predicted molar refractivity (Wildman–Crippen MR) is 127 cm³/mol. The smallest absolute Gasteiger partial charge is 0.406 e. The van der Waals surface area contributed by atoms with Crippen molar-refractivity contribution in [2.45, 2.75) is 70.8 Å². The van der Waals surface area contributed by atoms with Crippen molar-refractivity contribution in [2.75, 3.05) is 11.9 Å².